The predicted octanol–water partition coefficient (Wildman–Crippen LogP) is 4.56. The lowest BCUT2D eigenvalue weighted by molar-refractivity contribution is -0.144. The third-order valence-electron chi connectivity index (χ3n) is 4.21. The van der Waals surface area contributed by atoms with Gasteiger partial charge in [-0.2, -0.15) is 5.10 Å². The average Bonchev–Trinajstić information content (AvgIpc) is 3.04. The van der Waals surface area contributed by atoms with E-state index < -0.39 is 0 Å². The first-order chi connectivity index (χ1) is 13.6. The summed E-state index contributed by atoms with van der Waals surface area (Å²) in [4.78, 5) is 12.1. The number of hydrogen-bond acceptors (Lipinski definition) is 5. The number of ether oxygens (including phenoxy) is 3. The van der Waals surface area contributed by atoms with Crippen molar-refractivity contribution >= 4 is 21.9 Å². The van der Waals surface area contributed by atoms with Crippen LogP contribution in [0.3, 0.4) is 0 Å². The van der Waals surface area contributed by atoms with Gasteiger partial charge in [-0.15, -0.1) is 0 Å². The Morgan fingerprint density at radius 3 is 2.00 bits per heavy atom. The summed E-state index contributed by atoms with van der Waals surface area (Å²) >= 11 is 3.68. The molecule has 7 heteroatoms. The molecule has 2 aromatic carbocycles. The smallest absolute Gasteiger partial charge is 0.327 e. The molecule has 0 saturated carbocycles. The van der Waals surface area contributed by atoms with Crippen LogP contribution in [0.5, 0.6) is 11.5 Å². The first-order valence-corrected chi connectivity index (χ1v) is 9.57. The lowest BCUT2D eigenvalue weighted by Gasteiger charge is -2.08. The van der Waals surface area contributed by atoms with Crippen LogP contribution < -0.4 is 9.47 Å². The largest absolute Gasteiger partial charge is 0.497 e. The van der Waals surface area contributed by atoms with Crippen molar-refractivity contribution in [2.45, 2.75) is 13.5 Å². The van der Waals surface area contributed by atoms with Gasteiger partial charge in [-0.1, -0.05) is 0 Å². The fraction of sp³-hybridized carbons (Fsp3) is 0.238. The minimum atomic E-state index is -0.339. The van der Waals surface area contributed by atoms with Crippen molar-refractivity contribution in [1.29, 1.82) is 0 Å². The van der Waals surface area contributed by atoms with Gasteiger partial charge < -0.3 is 14.2 Å². The Balaban J connectivity index is 2.08. The highest BCUT2D eigenvalue weighted by molar-refractivity contribution is 9.10. The van der Waals surface area contributed by atoms with Crippen LogP contribution in [0.1, 0.15) is 6.92 Å². The summed E-state index contributed by atoms with van der Waals surface area (Å²) in [5, 5.41) is 4.67. The highest BCUT2D eigenvalue weighted by Crippen LogP contribution is 2.37. The van der Waals surface area contributed by atoms with Crippen LogP contribution in [0.15, 0.2) is 53.0 Å². The second-order valence-corrected chi connectivity index (χ2v) is 6.72. The lowest BCUT2D eigenvalue weighted by atomic mass is 10.1. The Morgan fingerprint density at radius 1 is 0.964 bits per heavy atom. The molecule has 146 valence electrons. The Morgan fingerprint density at radius 2 is 1.50 bits per heavy atom. The lowest BCUT2D eigenvalue weighted by Crippen LogP contribution is -2.15. The monoisotopic (exact) mass is 444 g/mol. The zero-order valence-corrected chi connectivity index (χ0v) is 17.5. The first-order valence-electron chi connectivity index (χ1n) is 8.78. The zero-order chi connectivity index (χ0) is 20.1. The van der Waals surface area contributed by atoms with Gasteiger partial charge in [0.15, 0.2) is 0 Å². The molecule has 3 aromatic rings. The number of carbonyl (C=O) groups is 1. The second-order valence-electron chi connectivity index (χ2n) is 5.93. The average molecular weight is 445 g/mol. The maximum Gasteiger partial charge on any atom is 0.327 e. The molecule has 0 aliphatic heterocycles. The molecular weight excluding hydrogens is 424 g/mol. The van der Waals surface area contributed by atoms with E-state index in [9.17, 15) is 4.79 Å². The Kier molecular flexibility index (Phi) is 6.36. The summed E-state index contributed by atoms with van der Waals surface area (Å²) in [7, 11) is 3.25. The number of esters is 1. The Labute approximate surface area is 172 Å². The van der Waals surface area contributed by atoms with E-state index in [0.29, 0.717) is 6.61 Å². The molecule has 0 fully saturated rings. The normalized spacial score (nSPS) is 10.6. The molecule has 0 amide bonds. The molecular formula is C21H21BrN2O4. The third-order valence-corrected chi connectivity index (χ3v) is 4.96. The van der Waals surface area contributed by atoms with Crippen LogP contribution in [0.25, 0.3) is 22.5 Å². The fourth-order valence-electron chi connectivity index (χ4n) is 2.84. The van der Waals surface area contributed by atoms with E-state index in [1.807, 2.05) is 48.5 Å². The van der Waals surface area contributed by atoms with E-state index >= 15 is 0 Å². The molecule has 0 aliphatic carbocycles. The van der Waals surface area contributed by atoms with Crippen molar-refractivity contribution in [2.24, 2.45) is 0 Å². The summed E-state index contributed by atoms with van der Waals surface area (Å²) in [5.74, 6) is 1.18. The van der Waals surface area contributed by atoms with Crippen molar-refractivity contribution in [1.82, 2.24) is 9.78 Å². The maximum absolute atomic E-state index is 12.1. The molecule has 0 atom stereocenters. The van der Waals surface area contributed by atoms with E-state index in [0.717, 1.165) is 38.5 Å². The van der Waals surface area contributed by atoms with Gasteiger partial charge >= 0.3 is 5.97 Å². The molecule has 0 N–H and O–H groups in total. The van der Waals surface area contributed by atoms with Crippen molar-refractivity contribution in [3.05, 3.63) is 53.0 Å². The number of methoxy groups -OCH3 is 2. The molecule has 3 rings (SSSR count). The Bertz CT molecular complexity index is 950. The molecule has 1 heterocycles. The number of nitrogens with zero attached hydrogens (tertiary/aromatic N) is 2. The summed E-state index contributed by atoms with van der Waals surface area (Å²) in [6.45, 7) is 2.12. The molecule has 0 radical (unpaired) electrons. The number of rotatable bonds is 7. The van der Waals surface area contributed by atoms with Crippen molar-refractivity contribution < 1.29 is 19.0 Å². The molecule has 6 nitrogen and oxygen atoms in total. The highest BCUT2D eigenvalue weighted by Gasteiger charge is 2.21. The molecule has 0 aliphatic rings. The van der Waals surface area contributed by atoms with Crippen molar-refractivity contribution in [2.75, 3.05) is 20.8 Å². The summed E-state index contributed by atoms with van der Waals surface area (Å²) < 4.78 is 18.0. The van der Waals surface area contributed by atoms with Crippen LogP contribution >= 0.6 is 15.9 Å². The van der Waals surface area contributed by atoms with Gasteiger partial charge in [0.1, 0.15) is 23.7 Å². The number of halogens is 1. The molecule has 28 heavy (non-hydrogen) atoms. The molecule has 0 spiro atoms. The van der Waals surface area contributed by atoms with Gasteiger partial charge in [-0.3, -0.25) is 9.48 Å². The van der Waals surface area contributed by atoms with Crippen molar-refractivity contribution in [3.63, 3.8) is 0 Å². The van der Waals surface area contributed by atoms with Crippen LogP contribution in [0.4, 0.5) is 0 Å². The maximum atomic E-state index is 12.1. The first kappa shape index (κ1) is 19.9. The standard InChI is InChI=1S/C21H21BrN2O4/c1-4-28-18(25)13-24-21(15-7-11-17(27-3)12-8-15)19(22)20(23-24)14-5-9-16(26-2)10-6-14/h5-12H,4,13H2,1-3H3. The molecule has 1 aromatic heterocycles. The van der Waals surface area contributed by atoms with E-state index in [-0.39, 0.29) is 12.5 Å². The minimum Gasteiger partial charge on any atom is -0.497 e. The van der Waals surface area contributed by atoms with E-state index in [4.69, 9.17) is 14.2 Å². The van der Waals surface area contributed by atoms with Gasteiger partial charge in [-0.25, -0.2) is 0 Å². The van der Waals surface area contributed by atoms with Crippen molar-refractivity contribution in [3.8, 4) is 34.0 Å². The Hall–Kier alpha value is -2.80. The second kappa shape index (κ2) is 8.93. The number of hydrogen-bond donors (Lipinski definition) is 0. The topological polar surface area (TPSA) is 62.6 Å². The van der Waals surface area contributed by atoms with Gasteiger partial charge in [0.25, 0.3) is 0 Å². The summed E-state index contributed by atoms with van der Waals surface area (Å²) in [6, 6.07) is 15.2. The molecule has 0 saturated heterocycles. The van der Waals surface area contributed by atoms with Gasteiger partial charge in [0.2, 0.25) is 0 Å². The SMILES string of the molecule is CCOC(=O)Cn1nc(-c2ccc(OC)cc2)c(Br)c1-c1ccc(OC)cc1. The number of aromatic nitrogens is 2. The zero-order valence-electron chi connectivity index (χ0n) is 15.9. The van der Waals surface area contributed by atoms with Crippen LogP contribution in [0, 0.1) is 0 Å². The third kappa shape index (κ3) is 4.20. The predicted molar refractivity (Wildman–Crippen MR) is 111 cm³/mol. The van der Waals surface area contributed by atoms with Gasteiger partial charge in [0, 0.05) is 11.1 Å². The quantitative estimate of drug-likeness (QED) is 0.499. The van der Waals surface area contributed by atoms with Crippen LogP contribution in [0.2, 0.25) is 0 Å². The molecule has 0 bridgehead atoms. The van der Waals surface area contributed by atoms with Gasteiger partial charge in [-0.05, 0) is 71.4 Å². The minimum absolute atomic E-state index is 0.0178. The van der Waals surface area contributed by atoms with Crippen LogP contribution in [-0.2, 0) is 16.1 Å². The molecule has 0 unspecified atom stereocenters. The van der Waals surface area contributed by atoms with Crippen LogP contribution in [-0.4, -0.2) is 36.6 Å². The van der Waals surface area contributed by atoms with E-state index in [2.05, 4.69) is 21.0 Å². The number of benzene rings is 2. The van der Waals surface area contributed by atoms with E-state index in [1.54, 1.807) is 25.8 Å². The number of carbonyl (C=O) groups excluding carboxylic acids is 1. The summed E-state index contributed by atoms with van der Waals surface area (Å²) in [5.41, 5.74) is 3.34. The highest BCUT2D eigenvalue weighted by atomic mass is 79.9. The van der Waals surface area contributed by atoms with Gasteiger partial charge in [0.05, 0.1) is 31.0 Å². The van der Waals surface area contributed by atoms with E-state index in [1.165, 1.54) is 0 Å². The summed E-state index contributed by atoms with van der Waals surface area (Å²) in [6.07, 6.45) is 0. The fourth-order valence-corrected chi connectivity index (χ4v) is 3.58.